The lowest BCUT2D eigenvalue weighted by atomic mass is 10.1. The monoisotopic (exact) mass is 420 g/mol. The standard InChI is InChI=1S/C24H21ClN2O3/c25-19-12-10-18(11-13-19)24(29)27-16-22(30-21-9-5-4-8-20(21)27)23(28)26-15-14-17-6-2-1-3-7-17/h1-13,22H,14-16H2,(H,26,28)/t22-/m0/s1. The zero-order chi connectivity index (χ0) is 20.9. The summed E-state index contributed by atoms with van der Waals surface area (Å²) in [6.07, 6.45) is -0.0598. The normalized spacial score (nSPS) is 15.1. The number of benzene rings is 3. The lowest BCUT2D eigenvalue weighted by molar-refractivity contribution is -0.127. The number of para-hydroxylation sites is 2. The number of hydrogen-bond donors (Lipinski definition) is 1. The average Bonchev–Trinajstić information content (AvgIpc) is 2.79. The van der Waals surface area contributed by atoms with Gasteiger partial charge in [-0.2, -0.15) is 0 Å². The molecule has 30 heavy (non-hydrogen) atoms. The molecule has 0 bridgehead atoms. The van der Waals surface area contributed by atoms with Crippen molar-refractivity contribution in [3.8, 4) is 5.75 Å². The Morgan fingerprint density at radius 2 is 1.67 bits per heavy atom. The fraction of sp³-hybridized carbons (Fsp3) is 0.167. The summed E-state index contributed by atoms with van der Waals surface area (Å²) in [5.74, 6) is 0.0631. The van der Waals surface area contributed by atoms with Gasteiger partial charge in [-0.15, -0.1) is 0 Å². The molecule has 0 radical (unpaired) electrons. The van der Waals surface area contributed by atoms with Crippen molar-refractivity contribution in [1.82, 2.24) is 5.32 Å². The van der Waals surface area contributed by atoms with Gasteiger partial charge in [0.25, 0.3) is 11.8 Å². The molecule has 1 aliphatic heterocycles. The average molecular weight is 421 g/mol. The number of rotatable bonds is 5. The lowest BCUT2D eigenvalue weighted by Gasteiger charge is -2.34. The highest BCUT2D eigenvalue weighted by Gasteiger charge is 2.34. The van der Waals surface area contributed by atoms with Gasteiger partial charge in [0.1, 0.15) is 5.75 Å². The molecule has 0 saturated heterocycles. The first-order valence-corrected chi connectivity index (χ1v) is 10.1. The maximum absolute atomic E-state index is 13.1. The molecule has 0 fully saturated rings. The molecule has 0 saturated carbocycles. The highest BCUT2D eigenvalue weighted by molar-refractivity contribution is 6.30. The van der Waals surface area contributed by atoms with Crippen LogP contribution in [0.5, 0.6) is 5.75 Å². The van der Waals surface area contributed by atoms with E-state index in [0.717, 1.165) is 12.0 Å². The smallest absolute Gasteiger partial charge is 0.262 e. The van der Waals surface area contributed by atoms with Crippen molar-refractivity contribution >= 4 is 29.1 Å². The van der Waals surface area contributed by atoms with E-state index in [1.807, 2.05) is 48.5 Å². The number of ether oxygens (including phenoxy) is 1. The minimum atomic E-state index is -0.785. The fourth-order valence-electron chi connectivity index (χ4n) is 3.40. The molecule has 1 N–H and O–H groups in total. The molecule has 3 aromatic carbocycles. The Morgan fingerprint density at radius 3 is 2.43 bits per heavy atom. The zero-order valence-corrected chi connectivity index (χ0v) is 17.0. The molecule has 2 amide bonds. The Morgan fingerprint density at radius 1 is 0.967 bits per heavy atom. The van der Waals surface area contributed by atoms with Crippen molar-refractivity contribution in [2.75, 3.05) is 18.0 Å². The summed E-state index contributed by atoms with van der Waals surface area (Å²) in [5.41, 5.74) is 2.29. The summed E-state index contributed by atoms with van der Waals surface area (Å²) >= 11 is 5.94. The van der Waals surface area contributed by atoms with E-state index in [1.165, 1.54) is 0 Å². The van der Waals surface area contributed by atoms with Crippen molar-refractivity contribution in [3.63, 3.8) is 0 Å². The summed E-state index contributed by atoms with van der Waals surface area (Å²) in [6.45, 7) is 0.630. The molecular formula is C24H21ClN2O3. The van der Waals surface area contributed by atoms with Crippen LogP contribution in [-0.4, -0.2) is 31.0 Å². The quantitative estimate of drug-likeness (QED) is 0.675. The molecule has 6 heteroatoms. The van der Waals surface area contributed by atoms with Crippen molar-refractivity contribution in [2.45, 2.75) is 12.5 Å². The topological polar surface area (TPSA) is 58.6 Å². The first kappa shape index (κ1) is 20.0. The number of halogens is 1. The van der Waals surface area contributed by atoms with Gasteiger partial charge in [0.15, 0.2) is 6.10 Å². The van der Waals surface area contributed by atoms with Gasteiger partial charge in [0, 0.05) is 17.1 Å². The number of nitrogens with zero attached hydrogens (tertiary/aromatic N) is 1. The predicted molar refractivity (Wildman–Crippen MR) is 117 cm³/mol. The summed E-state index contributed by atoms with van der Waals surface area (Å²) in [4.78, 5) is 27.5. The molecule has 0 unspecified atom stereocenters. The molecule has 1 heterocycles. The van der Waals surface area contributed by atoms with E-state index >= 15 is 0 Å². The number of amides is 2. The Hall–Kier alpha value is -3.31. The third-order valence-electron chi connectivity index (χ3n) is 4.96. The molecule has 152 valence electrons. The van der Waals surface area contributed by atoms with Crippen molar-refractivity contribution in [2.24, 2.45) is 0 Å². The molecule has 3 aromatic rings. The van der Waals surface area contributed by atoms with Crippen molar-refractivity contribution < 1.29 is 14.3 Å². The number of fused-ring (bicyclic) bond motifs is 1. The fourth-order valence-corrected chi connectivity index (χ4v) is 3.53. The second kappa shape index (κ2) is 9.01. The van der Waals surface area contributed by atoms with E-state index < -0.39 is 6.10 Å². The van der Waals surface area contributed by atoms with Crippen LogP contribution in [0.15, 0.2) is 78.9 Å². The number of nitrogens with one attached hydrogen (secondary N) is 1. The molecular weight excluding hydrogens is 400 g/mol. The number of carbonyl (C=O) groups excluding carboxylic acids is 2. The number of hydrogen-bond acceptors (Lipinski definition) is 3. The van der Waals surface area contributed by atoms with Gasteiger partial charge in [-0.1, -0.05) is 54.1 Å². The van der Waals surface area contributed by atoms with Gasteiger partial charge >= 0.3 is 0 Å². The molecule has 0 spiro atoms. The molecule has 1 aliphatic rings. The van der Waals surface area contributed by atoms with E-state index in [9.17, 15) is 9.59 Å². The van der Waals surface area contributed by atoms with Crippen LogP contribution in [0.4, 0.5) is 5.69 Å². The van der Waals surface area contributed by atoms with Crippen LogP contribution >= 0.6 is 11.6 Å². The largest absolute Gasteiger partial charge is 0.477 e. The third kappa shape index (κ3) is 4.47. The number of carbonyl (C=O) groups is 2. The van der Waals surface area contributed by atoms with Gasteiger partial charge in [0.2, 0.25) is 0 Å². The predicted octanol–water partition coefficient (Wildman–Crippen LogP) is 4.11. The Labute approximate surface area is 180 Å². The third-order valence-corrected chi connectivity index (χ3v) is 5.21. The van der Waals surface area contributed by atoms with E-state index in [4.69, 9.17) is 16.3 Å². The maximum Gasteiger partial charge on any atom is 0.262 e. The Balaban J connectivity index is 1.48. The maximum atomic E-state index is 13.1. The highest BCUT2D eigenvalue weighted by atomic mass is 35.5. The summed E-state index contributed by atoms with van der Waals surface area (Å²) in [6, 6.07) is 23.9. The molecule has 1 atom stereocenters. The van der Waals surface area contributed by atoms with E-state index in [0.29, 0.717) is 28.6 Å². The van der Waals surface area contributed by atoms with E-state index in [-0.39, 0.29) is 18.4 Å². The zero-order valence-electron chi connectivity index (χ0n) is 16.3. The van der Waals surface area contributed by atoms with Crippen LogP contribution in [-0.2, 0) is 11.2 Å². The highest BCUT2D eigenvalue weighted by Crippen LogP contribution is 2.34. The SMILES string of the molecule is O=C(NCCc1ccccc1)[C@@H]1CN(C(=O)c2ccc(Cl)cc2)c2ccccc2O1. The van der Waals surface area contributed by atoms with Crippen LogP contribution in [0.2, 0.25) is 5.02 Å². The lowest BCUT2D eigenvalue weighted by Crippen LogP contribution is -2.51. The van der Waals surface area contributed by atoms with Crippen LogP contribution < -0.4 is 15.0 Å². The number of anilines is 1. The van der Waals surface area contributed by atoms with Gasteiger partial charge in [-0.3, -0.25) is 9.59 Å². The molecule has 5 nitrogen and oxygen atoms in total. The van der Waals surface area contributed by atoms with Crippen LogP contribution in [0.3, 0.4) is 0 Å². The summed E-state index contributed by atoms with van der Waals surface area (Å²) < 4.78 is 5.90. The summed E-state index contributed by atoms with van der Waals surface area (Å²) in [7, 11) is 0. The van der Waals surface area contributed by atoms with Crippen LogP contribution in [0.25, 0.3) is 0 Å². The summed E-state index contributed by atoms with van der Waals surface area (Å²) in [5, 5.41) is 3.48. The molecule has 4 rings (SSSR count). The van der Waals surface area contributed by atoms with Gasteiger partial charge in [-0.05, 0) is 48.4 Å². The minimum absolute atomic E-state index is 0.135. The molecule has 0 aromatic heterocycles. The minimum Gasteiger partial charge on any atom is -0.477 e. The first-order valence-electron chi connectivity index (χ1n) is 9.76. The van der Waals surface area contributed by atoms with E-state index in [2.05, 4.69) is 5.32 Å². The van der Waals surface area contributed by atoms with Gasteiger partial charge in [0.05, 0.1) is 12.2 Å². The van der Waals surface area contributed by atoms with Crippen molar-refractivity contribution in [3.05, 3.63) is 95.0 Å². The van der Waals surface area contributed by atoms with Crippen molar-refractivity contribution in [1.29, 1.82) is 0 Å². The van der Waals surface area contributed by atoms with Gasteiger partial charge < -0.3 is 15.0 Å². The van der Waals surface area contributed by atoms with Crippen LogP contribution in [0.1, 0.15) is 15.9 Å². The second-order valence-corrected chi connectivity index (χ2v) is 7.46. The second-order valence-electron chi connectivity index (χ2n) is 7.02. The Bertz CT molecular complexity index is 1040. The first-order chi connectivity index (χ1) is 14.6. The van der Waals surface area contributed by atoms with Gasteiger partial charge in [-0.25, -0.2) is 0 Å². The van der Waals surface area contributed by atoms with Crippen LogP contribution in [0, 0.1) is 0 Å². The Kier molecular flexibility index (Phi) is 6.00. The van der Waals surface area contributed by atoms with E-state index in [1.54, 1.807) is 35.2 Å². The molecule has 0 aliphatic carbocycles.